The molecule has 1 heteroatoms. The van der Waals surface area contributed by atoms with Crippen LogP contribution in [0.25, 0.3) is 0 Å². The predicted octanol–water partition coefficient (Wildman–Crippen LogP) is 5.82. The van der Waals surface area contributed by atoms with Gasteiger partial charge in [0, 0.05) is 17.9 Å². The summed E-state index contributed by atoms with van der Waals surface area (Å²) in [5.74, 6) is 0. The third kappa shape index (κ3) is 4.49. The average Bonchev–Trinajstić information content (AvgIpc) is 2.53. The Morgan fingerprint density at radius 1 is 1.05 bits per heavy atom. The molecule has 0 fully saturated rings. The van der Waals surface area contributed by atoms with Crippen LogP contribution in [0.3, 0.4) is 0 Å². The number of aryl methyl sites for hydroxylation is 1. The highest BCUT2D eigenvalue weighted by atomic mass is 15.1. The minimum atomic E-state index is 0.829. The molecule has 0 bridgehead atoms. The monoisotopic (exact) mass is 289 g/mol. The summed E-state index contributed by atoms with van der Waals surface area (Å²) in [5, 5.41) is 0. The van der Waals surface area contributed by atoms with Crippen molar-refractivity contribution in [2.24, 2.45) is 0 Å². The Morgan fingerprint density at radius 2 is 1.77 bits per heavy atom. The summed E-state index contributed by atoms with van der Waals surface area (Å²) in [6.07, 6.45) is 8.14. The summed E-state index contributed by atoms with van der Waals surface area (Å²) in [5.41, 5.74) is 4.88. The second-order valence-electron chi connectivity index (χ2n) is 5.33. The van der Waals surface area contributed by atoms with Crippen molar-refractivity contribution in [3.05, 3.63) is 96.6 Å². The van der Waals surface area contributed by atoms with E-state index in [0.29, 0.717) is 0 Å². The van der Waals surface area contributed by atoms with Crippen molar-refractivity contribution < 1.29 is 0 Å². The molecule has 0 amide bonds. The first-order chi connectivity index (χ1) is 10.7. The largest absolute Gasteiger partial charge is 0.338 e. The number of hydrogen-bond acceptors (Lipinski definition) is 1. The molecule has 0 aliphatic rings. The standard InChI is InChI=1S/C21H23N/c1-4-10-18(2)12-9-16-22(20-13-6-5-7-14-20)21-15-8-11-19(3)17-21/h4-15,17H,1,16H2,2-3H3/b12-9-,18-10-. The van der Waals surface area contributed by atoms with Gasteiger partial charge < -0.3 is 4.90 Å². The molecule has 0 aromatic heterocycles. The molecule has 0 aliphatic carbocycles. The molecule has 0 radical (unpaired) electrons. The van der Waals surface area contributed by atoms with Gasteiger partial charge in [-0.1, -0.05) is 66.8 Å². The summed E-state index contributed by atoms with van der Waals surface area (Å²) >= 11 is 0. The van der Waals surface area contributed by atoms with E-state index >= 15 is 0 Å². The van der Waals surface area contributed by atoms with Crippen LogP contribution in [0.15, 0.2) is 91.1 Å². The van der Waals surface area contributed by atoms with Crippen LogP contribution in [-0.2, 0) is 0 Å². The molecular weight excluding hydrogens is 266 g/mol. The van der Waals surface area contributed by atoms with Gasteiger partial charge in [0.1, 0.15) is 0 Å². The van der Waals surface area contributed by atoms with Gasteiger partial charge in [-0.3, -0.25) is 0 Å². The molecule has 2 rings (SSSR count). The van der Waals surface area contributed by atoms with Gasteiger partial charge in [-0.2, -0.15) is 0 Å². The Kier molecular flexibility index (Phi) is 5.79. The lowest BCUT2D eigenvalue weighted by atomic mass is 10.1. The SMILES string of the molecule is C=C/C=C(C)\C=C/CN(c1ccccc1)c1cccc(C)c1. The predicted molar refractivity (Wildman–Crippen MR) is 97.7 cm³/mol. The molecule has 112 valence electrons. The molecule has 2 aromatic carbocycles. The fourth-order valence-electron chi connectivity index (χ4n) is 2.35. The molecule has 0 heterocycles. The normalized spacial score (nSPS) is 11.6. The molecule has 2 aromatic rings. The second-order valence-corrected chi connectivity index (χ2v) is 5.33. The Bertz CT molecular complexity index is 665. The average molecular weight is 289 g/mol. The van der Waals surface area contributed by atoms with Gasteiger partial charge >= 0.3 is 0 Å². The van der Waals surface area contributed by atoms with Crippen LogP contribution < -0.4 is 4.90 Å². The molecule has 0 saturated heterocycles. The van der Waals surface area contributed by atoms with Crippen molar-refractivity contribution in [3.8, 4) is 0 Å². The number of para-hydroxylation sites is 1. The highest BCUT2D eigenvalue weighted by Crippen LogP contribution is 2.25. The maximum atomic E-state index is 3.73. The minimum Gasteiger partial charge on any atom is -0.338 e. The third-order valence-corrected chi connectivity index (χ3v) is 3.43. The van der Waals surface area contributed by atoms with Crippen molar-refractivity contribution in [2.75, 3.05) is 11.4 Å². The molecule has 0 unspecified atom stereocenters. The molecule has 1 nitrogen and oxygen atoms in total. The summed E-state index contributed by atoms with van der Waals surface area (Å²) in [4.78, 5) is 2.31. The number of benzene rings is 2. The van der Waals surface area contributed by atoms with Gasteiger partial charge in [0.25, 0.3) is 0 Å². The number of hydrogen-bond donors (Lipinski definition) is 0. The zero-order chi connectivity index (χ0) is 15.8. The second kappa shape index (κ2) is 8.04. The van der Waals surface area contributed by atoms with E-state index in [1.807, 2.05) is 18.2 Å². The smallest absolute Gasteiger partial charge is 0.0416 e. The molecule has 0 spiro atoms. The van der Waals surface area contributed by atoms with E-state index in [1.54, 1.807) is 0 Å². The van der Waals surface area contributed by atoms with Crippen molar-refractivity contribution in [1.82, 2.24) is 0 Å². The lowest BCUT2D eigenvalue weighted by Gasteiger charge is -2.24. The zero-order valence-corrected chi connectivity index (χ0v) is 13.4. The van der Waals surface area contributed by atoms with Crippen LogP contribution in [0, 0.1) is 6.92 Å². The third-order valence-electron chi connectivity index (χ3n) is 3.43. The van der Waals surface area contributed by atoms with E-state index in [4.69, 9.17) is 0 Å². The highest BCUT2D eigenvalue weighted by molar-refractivity contribution is 5.64. The lowest BCUT2D eigenvalue weighted by Crippen LogP contribution is -2.16. The van der Waals surface area contributed by atoms with E-state index in [1.165, 1.54) is 22.5 Å². The first-order valence-electron chi connectivity index (χ1n) is 7.56. The van der Waals surface area contributed by atoms with Crippen molar-refractivity contribution in [1.29, 1.82) is 0 Å². The maximum Gasteiger partial charge on any atom is 0.0416 e. The molecule has 0 N–H and O–H groups in total. The molecule has 0 atom stereocenters. The van der Waals surface area contributed by atoms with Gasteiger partial charge in [0.15, 0.2) is 0 Å². The van der Waals surface area contributed by atoms with Gasteiger partial charge in [-0.05, 0) is 43.7 Å². The lowest BCUT2D eigenvalue weighted by molar-refractivity contribution is 1.09. The van der Waals surface area contributed by atoms with Crippen LogP contribution >= 0.6 is 0 Å². The summed E-state index contributed by atoms with van der Waals surface area (Å²) in [7, 11) is 0. The van der Waals surface area contributed by atoms with Gasteiger partial charge in [-0.15, -0.1) is 0 Å². The summed E-state index contributed by atoms with van der Waals surface area (Å²) < 4.78 is 0. The minimum absolute atomic E-state index is 0.829. The van der Waals surface area contributed by atoms with Gasteiger partial charge in [0.05, 0.1) is 0 Å². The topological polar surface area (TPSA) is 3.24 Å². The number of allylic oxidation sites excluding steroid dienone is 4. The fourth-order valence-corrected chi connectivity index (χ4v) is 2.35. The fraction of sp³-hybridized carbons (Fsp3) is 0.143. The first kappa shape index (κ1) is 15.8. The molecule has 0 saturated carbocycles. The maximum absolute atomic E-state index is 3.73. The van der Waals surface area contributed by atoms with E-state index in [9.17, 15) is 0 Å². The first-order valence-corrected chi connectivity index (χ1v) is 7.56. The number of nitrogens with zero attached hydrogens (tertiary/aromatic N) is 1. The van der Waals surface area contributed by atoms with Crippen LogP contribution in [0.2, 0.25) is 0 Å². The summed E-state index contributed by atoms with van der Waals surface area (Å²) in [6, 6.07) is 19.1. The van der Waals surface area contributed by atoms with Crippen LogP contribution in [-0.4, -0.2) is 6.54 Å². The van der Waals surface area contributed by atoms with Crippen LogP contribution in [0.1, 0.15) is 12.5 Å². The van der Waals surface area contributed by atoms with Crippen LogP contribution in [0.4, 0.5) is 11.4 Å². The molecule has 0 aliphatic heterocycles. The zero-order valence-electron chi connectivity index (χ0n) is 13.4. The Morgan fingerprint density at radius 3 is 2.45 bits per heavy atom. The van der Waals surface area contributed by atoms with E-state index in [-0.39, 0.29) is 0 Å². The number of rotatable bonds is 6. The Hall–Kier alpha value is -2.54. The Labute approximate surface area is 133 Å². The van der Waals surface area contributed by atoms with E-state index < -0.39 is 0 Å². The van der Waals surface area contributed by atoms with Crippen molar-refractivity contribution >= 4 is 11.4 Å². The van der Waals surface area contributed by atoms with Crippen molar-refractivity contribution in [2.45, 2.75) is 13.8 Å². The number of anilines is 2. The Balaban J connectivity index is 2.27. The van der Waals surface area contributed by atoms with Crippen LogP contribution in [0.5, 0.6) is 0 Å². The van der Waals surface area contributed by atoms with E-state index in [0.717, 1.165) is 6.54 Å². The van der Waals surface area contributed by atoms with Crippen molar-refractivity contribution in [3.63, 3.8) is 0 Å². The van der Waals surface area contributed by atoms with Gasteiger partial charge in [0.2, 0.25) is 0 Å². The highest BCUT2D eigenvalue weighted by Gasteiger charge is 2.07. The quantitative estimate of drug-likeness (QED) is 0.605. The molecular formula is C21H23N. The summed E-state index contributed by atoms with van der Waals surface area (Å²) in [6.45, 7) is 8.76. The molecule has 22 heavy (non-hydrogen) atoms. The van der Waals surface area contributed by atoms with Gasteiger partial charge in [-0.25, -0.2) is 0 Å². The van der Waals surface area contributed by atoms with E-state index in [2.05, 4.69) is 86.0 Å².